The molecule has 0 rings (SSSR count). The number of rotatable bonds is 12. The number of alkyl halides is 2. The lowest BCUT2D eigenvalue weighted by molar-refractivity contribution is 0.0744. The second kappa shape index (κ2) is 13.0. The smallest absolute Gasteiger partial charge is 0.0491 e. The number of hydrogen-bond acceptors (Lipinski definition) is 1. The van der Waals surface area contributed by atoms with Crippen molar-refractivity contribution in [3.63, 3.8) is 0 Å². The molecule has 104 valence electrons. The summed E-state index contributed by atoms with van der Waals surface area (Å²) in [6.45, 7) is 6.29. The predicted octanol–water partition coefficient (Wildman–Crippen LogP) is 5.09. The van der Waals surface area contributed by atoms with Crippen LogP contribution >= 0.6 is 23.2 Å². The molecule has 17 heavy (non-hydrogen) atoms. The van der Waals surface area contributed by atoms with Crippen molar-refractivity contribution in [1.29, 1.82) is 0 Å². The first kappa shape index (κ1) is 17.5. The van der Waals surface area contributed by atoms with E-state index in [4.69, 9.17) is 27.9 Å². The fourth-order valence-electron chi connectivity index (χ4n) is 1.81. The molecule has 0 radical (unpaired) electrons. The fourth-order valence-corrected chi connectivity index (χ4v) is 2.19. The van der Waals surface area contributed by atoms with Crippen molar-refractivity contribution >= 4 is 23.2 Å². The van der Waals surface area contributed by atoms with Gasteiger partial charge >= 0.3 is 0 Å². The highest BCUT2D eigenvalue weighted by Gasteiger charge is 2.05. The number of ether oxygens (including phenoxy) is 1. The molecule has 0 aromatic carbocycles. The van der Waals surface area contributed by atoms with Gasteiger partial charge in [0, 0.05) is 25.0 Å². The molecule has 0 amide bonds. The Morgan fingerprint density at radius 1 is 0.765 bits per heavy atom. The van der Waals surface area contributed by atoms with Gasteiger partial charge in [0.05, 0.1) is 0 Å². The Bertz CT molecular complexity index is 137. The molecule has 2 atom stereocenters. The van der Waals surface area contributed by atoms with Gasteiger partial charge in [-0.1, -0.05) is 26.7 Å². The molecule has 0 aromatic heterocycles. The molecular formula is C14H28Cl2O. The summed E-state index contributed by atoms with van der Waals surface area (Å²) in [4.78, 5) is 0. The van der Waals surface area contributed by atoms with Crippen LogP contribution in [0.5, 0.6) is 0 Å². The summed E-state index contributed by atoms with van der Waals surface area (Å²) in [6.07, 6.45) is 7.15. The largest absolute Gasteiger partial charge is 0.381 e. The zero-order chi connectivity index (χ0) is 12.9. The summed E-state index contributed by atoms with van der Waals surface area (Å²) in [5.41, 5.74) is 0. The normalized spacial score (nSPS) is 14.8. The molecule has 0 aliphatic carbocycles. The molecule has 0 saturated heterocycles. The van der Waals surface area contributed by atoms with Gasteiger partial charge in [-0.05, 0) is 37.5 Å². The van der Waals surface area contributed by atoms with Crippen LogP contribution in [0.3, 0.4) is 0 Å². The van der Waals surface area contributed by atoms with E-state index in [9.17, 15) is 0 Å². The van der Waals surface area contributed by atoms with Gasteiger partial charge in [0.25, 0.3) is 0 Å². The molecule has 0 bridgehead atoms. The lowest BCUT2D eigenvalue weighted by Gasteiger charge is -2.15. The number of unbranched alkanes of at least 4 members (excludes halogenated alkanes) is 2. The number of hydrogen-bond donors (Lipinski definition) is 0. The van der Waals surface area contributed by atoms with Crippen LogP contribution in [0.4, 0.5) is 0 Å². The molecule has 3 heteroatoms. The van der Waals surface area contributed by atoms with Crippen LogP contribution in [0.1, 0.15) is 52.4 Å². The number of halogens is 2. The van der Waals surface area contributed by atoms with E-state index in [0.29, 0.717) is 11.8 Å². The highest BCUT2D eigenvalue weighted by molar-refractivity contribution is 6.18. The van der Waals surface area contributed by atoms with Crippen LogP contribution in [0, 0.1) is 11.8 Å². The van der Waals surface area contributed by atoms with Gasteiger partial charge in [-0.15, -0.1) is 23.2 Å². The summed E-state index contributed by atoms with van der Waals surface area (Å²) in [5.74, 6) is 2.89. The van der Waals surface area contributed by atoms with Crippen LogP contribution in [0.2, 0.25) is 0 Å². The molecular weight excluding hydrogens is 255 g/mol. The molecule has 0 N–H and O–H groups in total. The summed E-state index contributed by atoms with van der Waals surface area (Å²) >= 11 is 11.3. The molecule has 0 heterocycles. The van der Waals surface area contributed by atoms with Crippen molar-refractivity contribution in [1.82, 2.24) is 0 Å². The maximum atomic E-state index is 5.75. The van der Waals surface area contributed by atoms with Crippen LogP contribution in [0.25, 0.3) is 0 Å². The Labute approximate surface area is 117 Å². The Morgan fingerprint density at radius 3 is 1.53 bits per heavy atom. The van der Waals surface area contributed by atoms with E-state index in [1.807, 2.05) is 0 Å². The van der Waals surface area contributed by atoms with Crippen LogP contribution in [-0.4, -0.2) is 25.0 Å². The van der Waals surface area contributed by atoms with Gasteiger partial charge < -0.3 is 4.74 Å². The zero-order valence-electron chi connectivity index (χ0n) is 11.4. The minimum atomic E-state index is 0.660. The van der Waals surface area contributed by atoms with Gasteiger partial charge in [-0.3, -0.25) is 0 Å². The molecule has 0 aliphatic rings. The maximum Gasteiger partial charge on any atom is 0.0491 e. The van der Waals surface area contributed by atoms with Gasteiger partial charge in [0.1, 0.15) is 0 Å². The van der Waals surface area contributed by atoms with Crippen LogP contribution in [0.15, 0.2) is 0 Å². The SMILES string of the molecule is CC(CCCCCl)COCC(C)CCCCCl. The average molecular weight is 283 g/mol. The first-order valence-electron chi connectivity index (χ1n) is 6.90. The van der Waals surface area contributed by atoms with E-state index in [1.165, 1.54) is 25.7 Å². The van der Waals surface area contributed by atoms with Crippen LogP contribution in [-0.2, 0) is 4.74 Å². The maximum absolute atomic E-state index is 5.75. The Morgan fingerprint density at radius 2 is 1.18 bits per heavy atom. The molecule has 1 nitrogen and oxygen atoms in total. The van der Waals surface area contributed by atoms with E-state index in [1.54, 1.807) is 0 Å². The highest BCUT2D eigenvalue weighted by atomic mass is 35.5. The van der Waals surface area contributed by atoms with E-state index >= 15 is 0 Å². The van der Waals surface area contributed by atoms with E-state index in [0.717, 1.165) is 37.8 Å². The average Bonchev–Trinajstić information content (AvgIpc) is 2.30. The minimum absolute atomic E-state index is 0.660. The predicted molar refractivity (Wildman–Crippen MR) is 78.3 cm³/mol. The quantitative estimate of drug-likeness (QED) is 0.358. The van der Waals surface area contributed by atoms with E-state index < -0.39 is 0 Å². The highest BCUT2D eigenvalue weighted by Crippen LogP contribution is 2.12. The second-order valence-electron chi connectivity index (χ2n) is 5.12. The standard InChI is InChI=1S/C14H28Cl2O/c1-13(7-3-5-9-15)11-17-12-14(2)8-4-6-10-16/h13-14H,3-12H2,1-2H3. The van der Waals surface area contributed by atoms with Crippen molar-refractivity contribution in [3.05, 3.63) is 0 Å². The Balaban J connectivity index is 3.29. The summed E-state index contributed by atoms with van der Waals surface area (Å²) < 4.78 is 5.75. The van der Waals surface area contributed by atoms with Crippen molar-refractivity contribution in [2.24, 2.45) is 11.8 Å². The molecule has 0 saturated carbocycles. The summed E-state index contributed by atoms with van der Waals surface area (Å²) in [5, 5.41) is 0. The summed E-state index contributed by atoms with van der Waals surface area (Å²) in [6, 6.07) is 0. The topological polar surface area (TPSA) is 9.23 Å². The van der Waals surface area contributed by atoms with Crippen molar-refractivity contribution in [2.75, 3.05) is 25.0 Å². The van der Waals surface area contributed by atoms with Crippen molar-refractivity contribution in [2.45, 2.75) is 52.4 Å². The first-order valence-corrected chi connectivity index (χ1v) is 7.97. The molecule has 2 unspecified atom stereocenters. The van der Waals surface area contributed by atoms with Crippen LogP contribution < -0.4 is 0 Å². The molecule has 0 aliphatic heterocycles. The molecule has 0 fully saturated rings. The minimum Gasteiger partial charge on any atom is -0.381 e. The fraction of sp³-hybridized carbons (Fsp3) is 1.00. The van der Waals surface area contributed by atoms with Gasteiger partial charge in [0.2, 0.25) is 0 Å². The van der Waals surface area contributed by atoms with Gasteiger partial charge in [-0.25, -0.2) is 0 Å². The van der Waals surface area contributed by atoms with Gasteiger partial charge in [0.15, 0.2) is 0 Å². The zero-order valence-corrected chi connectivity index (χ0v) is 12.9. The molecule has 0 aromatic rings. The van der Waals surface area contributed by atoms with Crippen molar-refractivity contribution in [3.8, 4) is 0 Å². The van der Waals surface area contributed by atoms with Gasteiger partial charge in [-0.2, -0.15) is 0 Å². The summed E-state index contributed by atoms with van der Waals surface area (Å²) in [7, 11) is 0. The third kappa shape index (κ3) is 12.8. The lowest BCUT2D eigenvalue weighted by atomic mass is 10.0. The third-order valence-corrected chi connectivity index (χ3v) is 3.50. The lowest BCUT2D eigenvalue weighted by Crippen LogP contribution is -2.12. The first-order chi connectivity index (χ1) is 8.20. The Kier molecular flexibility index (Phi) is 13.4. The van der Waals surface area contributed by atoms with Crippen molar-refractivity contribution < 1.29 is 4.74 Å². The Hall–Kier alpha value is 0.540. The monoisotopic (exact) mass is 282 g/mol. The second-order valence-corrected chi connectivity index (χ2v) is 5.87. The van der Waals surface area contributed by atoms with E-state index in [2.05, 4.69) is 13.8 Å². The molecule has 0 spiro atoms. The third-order valence-electron chi connectivity index (χ3n) is 2.97. The van der Waals surface area contributed by atoms with E-state index in [-0.39, 0.29) is 0 Å².